The Labute approximate surface area is 248 Å². The standard InChI is InChI=1S/C34H34O9/c1-13(2)9-15-17-11-19(31(39)27(15)29(17)37)25-21(35)5-7-23(33(25)41)43-24-8-6-22(36)26(34(24)42)20-12-18-16(10-14(3)4)28(30(18)38)32(20)40/h5-8,11-16,35-42H,9-10H2,1-4H3. The molecule has 4 aromatic rings. The van der Waals surface area contributed by atoms with Crippen molar-refractivity contribution in [2.45, 2.75) is 52.4 Å². The summed E-state index contributed by atoms with van der Waals surface area (Å²) in [7, 11) is 0. The molecule has 0 aromatic heterocycles. The van der Waals surface area contributed by atoms with E-state index in [0.29, 0.717) is 46.9 Å². The van der Waals surface area contributed by atoms with Crippen LogP contribution in [0.5, 0.6) is 57.5 Å². The first-order valence-corrected chi connectivity index (χ1v) is 14.3. The quantitative estimate of drug-likeness (QED) is 0.104. The summed E-state index contributed by atoms with van der Waals surface area (Å²) in [6.07, 6.45) is 1.42. The van der Waals surface area contributed by atoms with Gasteiger partial charge in [0.05, 0.1) is 11.1 Å². The van der Waals surface area contributed by atoms with Crippen LogP contribution in [0.25, 0.3) is 22.3 Å². The highest BCUT2D eigenvalue weighted by atomic mass is 16.5. The second kappa shape index (κ2) is 9.83. The molecule has 0 radical (unpaired) electrons. The average molecular weight is 587 g/mol. The topological polar surface area (TPSA) is 171 Å². The first kappa shape index (κ1) is 28.2. The molecule has 8 N–H and O–H groups in total. The van der Waals surface area contributed by atoms with Crippen LogP contribution in [0.15, 0.2) is 36.4 Å². The van der Waals surface area contributed by atoms with Crippen LogP contribution in [0.1, 0.15) is 74.6 Å². The van der Waals surface area contributed by atoms with Crippen LogP contribution in [-0.2, 0) is 0 Å². The van der Waals surface area contributed by atoms with E-state index in [0.717, 1.165) is 0 Å². The largest absolute Gasteiger partial charge is 0.507 e. The van der Waals surface area contributed by atoms with Crippen molar-refractivity contribution in [3.05, 3.63) is 58.7 Å². The number of rotatable bonds is 8. The molecule has 4 aliphatic rings. The fraction of sp³-hybridized carbons (Fsp3) is 0.294. The van der Waals surface area contributed by atoms with Crippen LogP contribution in [0.2, 0.25) is 0 Å². The van der Waals surface area contributed by atoms with E-state index in [1.165, 1.54) is 36.4 Å². The molecule has 2 atom stereocenters. The number of aromatic hydroxyl groups is 8. The van der Waals surface area contributed by atoms with E-state index in [-0.39, 0.29) is 80.1 Å². The van der Waals surface area contributed by atoms with Gasteiger partial charge in [-0.25, -0.2) is 0 Å². The molecule has 43 heavy (non-hydrogen) atoms. The van der Waals surface area contributed by atoms with E-state index in [1.54, 1.807) is 0 Å². The maximum absolute atomic E-state index is 11.2. The van der Waals surface area contributed by atoms with Gasteiger partial charge in [-0.05, 0) is 61.1 Å². The van der Waals surface area contributed by atoms with Crippen molar-refractivity contribution < 1.29 is 45.6 Å². The summed E-state index contributed by atoms with van der Waals surface area (Å²) in [4.78, 5) is 0. The van der Waals surface area contributed by atoms with Crippen LogP contribution >= 0.6 is 0 Å². The monoisotopic (exact) mass is 586 g/mol. The average Bonchev–Trinajstić information content (AvgIpc) is 2.93. The van der Waals surface area contributed by atoms with Gasteiger partial charge in [-0.1, -0.05) is 27.7 Å². The van der Waals surface area contributed by atoms with Gasteiger partial charge < -0.3 is 45.6 Å². The second-order valence-corrected chi connectivity index (χ2v) is 12.3. The van der Waals surface area contributed by atoms with E-state index < -0.39 is 11.5 Å². The lowest BCUT2D eigenvalue weighted by Crippen LogP contribution is -2.16. The number of fused-ring (bicyclic) bond motifs is 4. The third kappa shape index (κ3) is 4.13. The molecule has 0 amide bonds. The lowest BCUT2D eigenvalue weighted by Gasteiger charge is -2.34. The molecule has 0 aliphatic heterocycles. The van der Waals surface area contributed by atoms with E-state index in [2.05, 4.69) is 0 Å². The Morgan fingerprint density at radius 1 is 0.535 bits per heavy atom. The number of benzene rings is 4. The van der Waals surface area contributed by atoms with Crippen LogP contribution < -0.4 is 4.74 Å². The van der Waals surface area contributed by atoms with E-state index in [9.17, 15) is 40.9 Å². The molecule has 4 aliphatic carbocycles. The molecule has 0 saturated carbocycles. The summed E-state index contributed by atoms with van der Waals surface area (Å²) in [5.41, 5.74) is 1.93. The summed E-state index contributed by atoms with van der Waals surface area (Å²) in [6, 6.07) is 8.15. The SMILES string of the molecule is CC(C)CC1c2cc(-c3c(O)ccc(Oc4ccc(O)c(-c5cc6c(O)c(c5O)C6CC(C)C)c4O)c3O)c(O)c1c2O. The smallest absolute Gasteiger partial charge is 0.170 e. The Bertz CT molecular complexity index is 1670. The maximum atomic E-state index is 11.2. The minimum absolute atomic E-state index is 0.00712. The molecular weight excluding hydrogens is 552 g/mol. The third-order valence-electron chi connectivity index (χ3n) is 8.54. The maximum Gasteiger partial charge on any atom is 0.170 e. The number of phenolic OH excluding ortho intramolecular Hbond substituents is 8. The van der Waals surface area contributed by atoms with Gasteiger partial charge in [-0.2, -0.15) is 0 Å². The molecule has 8 rings (SSSR count). The van der Waals surface area contributed by atoms with Gasteiger partial charge in [0.15, 0.2) is 23.0 Å². The van der Waals surface area contributed by atoms with Crippen molar-refractivity contribution in [2.24, 2.45) is 11.8 Å². The van der Waals surface area contributed by atoms with Crippen LogP contribution in [-0.4, -0.2) is 40.9 Å². The minimum atomic E-state index is -0.524. The van der Waals surface area contributed by atoms with Crippen LogP contribution in [0, 0.1) is 11.8 Å². The number of hydrogen-bond acceptors (Lipinski definition) is 9. The van der Waals surface area contributed by atoms with Gasteiger partial charge in [0.1, 0.15) is 34.5 Å². The molecule has 4 aromatic carbocycles. The molecule has 2 unspecified atom stereocenters. The Morgan fingerprint density at radius 3 is 1.23 bits per heavy atom. The highest BCUT2D eigenvalue weighted by molar-refractivity contribution is 5.90. The van der Waals surface area contributed by atoms with Crippen LogP contribution in [0.3, 0.4) is 0 Å². The summed E-state index contributed by atoms with van der Waals surface area (Å²) < 4.78 is 5.85. The lowest BCUT2D eigenvalue weighted by atomic mass is 9.72. The molecule has 4 bridgehead atoms. The zero-order valence-electron chi connectivity index (χ0n) is 24.2. The third-order valence-corrected chi connectivity index (χ3v) is 8.54. The van der Waals surface area contributed by atoms with Crippen molar-refractivity contribution in [2.75, 3.05) is 0 Å². The highest BCUT2D eigenvalue weighted by Gasteiger charge is 2.40. The zero-order chi connectivity index (χ0) is 31.1. The summed E-state index contributed by atoms with van der Waals surface area (Å²) in [6.45, 7) is 8.14. The minimum Gasteiger partial charge on any atom is -0.507 e. The predicted octanol–water partition coefficient (Wildman–Crippen LogP) is 7.44. The fourth-order valence-electron chi connectivity index (χ4n) is 6.51. The van der Waals surface area contributed by atoms with Crippen molar-refractivity contribution in [1.29, 1.82) is 0 Å². The molecular formula is C34H34O9. The number of hydrogen-bond donors (Lipinski definition) is 8. The van der Waals surface area contributed by atoms with E-state index >= 15 is 0 Å². The first-order valence-electron chi connectivity index (χ1n) is 14.3. The van der Waals surface area contributed by atoms with Crippen molar-refractivity contribution in [1.82, 2.24) is 0 Å². The molecule has 0 spiro atoms. The Balaban J connectivity index is 1.38. The molecule has 0 fully saturated rings. The second-order valence-electron chi connectivity index (χ2n) is 12.3. The van der Waals surface area contributed by atoms with Crippen molar-refractivity contribution in [3.8, 4) is 79.7 Å². The molecule has 9 nitrogen and oxygen atoms in total. The first-order chi connectivity index (χ1) is 20.3. The van der Waals surface area contributed by atoms with E-state index in [1.807, 2.05) is 27.7 Å². The van der Waals surface area contributed by atoms with Gasteiger partial charge in [-0.3, -0.25) is 0 Å². The Morgan fingerprint density at radius 2 is 0.907 bits per heavy atom. The number of ether oxygens (including phenoxy) is 1. The molecule has 0 heterocycles. The summed E-state index contributed by atoms with van der Waals surface area (Å²) in [5.74, 6) is -2.27. The van der Waals surface area contributed by atoms with Gasteiger partial charge in [0.2, 0.25) is 0 Å². The molecule has 9 heteroatoms. The summed E-state index contributed by atoms with van der Waals surface area (Å²) in [5, 5.41) is 86.6. The lowest BCUT2D eigenvalue weighted by molar-refractivity contribution is 0.376. The van der Waals surface area contributed by atoms with Gasteiger partial charge in [-0.15, -0.1) is 0 Å². The summed E-state index contributed by atoms with van der Waals surface area (Å²) >= 11 is 0. The van der Waals surface area contributed by atoms with Crippen molar-refractivity contribution >= 4 is 0 Å². The van der Waals surface area contributed by atoms with Crippen molar-refractivity contribution in [3.63, 3.8) is 0 Å². The van der Waals surface area contributed by atoms with Gasteiger partial charge in [0.25, 0.3) is 0 Å². The fourth-order valence-corrected chi connectivity index (χ4v) is 6.51. The molecule has 0 saturated heterocycles. The Kier molecular flexibility index (Phi) is 6.45. The van der Waals surface area contributed by atoms with E-state index in [4.69, 9.17) is 4.74 Å². The number of phenols is 8. The Hall–Kier alpha value is -4.92. The predicted molar refractivity (Wildman–Crippen MR) is 160 cm³/mol. The van der Waals surface area contributed by atoms with Gasteiger partial charge in [0, 0.05) is 45.2 Å². The normalized spacial score (nSPS) is 16.3. The molecule has 224 valence electrons. The van der Waals surface area contributed by atoms with Crippen LogP contribution in [0.4, 0.5) is 0 Å². The highest BCUT2D eigenvalue weighted by Crippen LogP contribution is 2.62. The van der Waals surface area contributed by atoms with Gasteiger partial charge >= 0.3 is 0 Å². The zero-order valence-corrected chi connectivity index (χ0v) is 24.2.